The highest BCUT2D eigenvalue weighted by Crippen LogP contribution is 2.52. The van der Waals surface area contributed by atoms with Crippen molar-refractivity contribution in [1.82, 2.24) is 24.2 Å². The van der Waals surface area contributed by atoms with E-state index in [9.17, 15) is 10.1 Å². The summed E-state index contributed by atoms with van der Waals surface area (Å²) in [6, 6.07) is 35.6. The third-order valence-electron chi connectivity index (χ3n) is 10.7. The molecule has 7 rings (SSSR count). The summed E-state index contributed by atoms with van der Waals surface area (Å²) in [6.07, 6.45) is -2.52. The number of rotatable bonds is 19. The fraction of sp³-hybridized carbons (Fsp3) is 0.340. The molecule has 0 bridgehead atoms. The Morgan fingerprint density at radius 1 is 0.873 bits per heavy atom. The number of ether oxygens (including phenoxy) is 4. The number of methoxy groups -OCH3 is 2. The van der Waals surface area contributed by atoms with Gasteiger partial charge in [-0.15, -0.1) is 0 Å². The summed E-state index contributed by atoms with van der Waals surface area (Å²) in [6.45, 7) is 7.86. The van der Waals surface area contributed by atoms with Gasteiger partial charge in [-0.2, -0.15) is 5.26 Å². The lowest BCUT2D eigenvalue weighted by Crippen LogP contribution is -2.39. The minimum absolute atomic E-state index is 0.0609. The molecule has 0 aliphatic carbocycles. The van der Waals surface area contributed by atoms with Gasteiger partial charge in [-0.1, -0.05) is 72.8 Å². The van der Waals surface area contributed by atoms with Crippen LogP contribution in [0, 0.1) is 11.3 Å². The normalized spacial score (nSPS) is 18.2. The number of halogens is 1. The minimum Gasteiger partial charge on any atom is -0.497 e. The Morgan fingerprint density at radius 3 is 2.03 bits per heavy atom. The number of nitrogens with one attached hydrogen (secondary N) is 1. The maximum Gasteiger partial charge on any atom is 0.259 e. The molecule has 1 amide bonds. The number of hydrogen-bond donors (Lipinski definition) is 1. The monoisotopic (exact) mass is 875 g/mol. The van der Waals surface area contributed by atoms with Crippen molar-refractivity contribution in [2.24, 2.45) is 0 Å². The summed E-state index contributed by atoms with van der Waals surface area (Å²) in [5.41, 5.74) is 2.02. The first-order valence-corrected chi connectivity index (χ1v) is 21.8. The minimum atomic E-state index is -1.94. The second-order valence-corrected chi connectivity index (χ2v) is 16.7. The number of nitrogens with zero attached hydrogens (tertiary/aromatic N) is 6. The molecule has 1 aliphatic heterocycles. The lowest BCUT2D eigenvalue weighted by Gasteiger charge is -2.38. The van der Waals surface area contributed by atoms with Gasteiger partial charge in [0, 0.05) is 17.6 Å². The van der Waals surface area contributed by atoms with Gasteiger partial charge in [0.1, 0.15) is 35.6 Å². The molecule has 1 aliphatic rings. The van der Waals surface area contributed by atoms with Gasteiger partial charge in [-0.05, 0) is 80.8 Å². The molecule has 5 unspecified atom stereocenters. The van der Waals surface area contributed by atoms with Gasteiger partial charge in [0.05, 0.1) is 46.3 Å². The number of nitriles is 1. The molecule has 14 nitrogen and oxygen atoms in total. The molecule has 1 saturated heterocycles. The highest BCUT2D eigenvalue weighted by molar-refractivity contribution is 7.44. The van der Waals surface area contributed by atoms with Gasteiger partial charge < -0.3 is 33.3 Å². The van der Waals surface area contributed by atoms with Crippen LogP contribution in [0.25, 0.3) is 11.2 Å². The average Bonchev–Trinajstić information content (AvgIpc) is 3.87. The summed E-state index contributed by atoms with van der Waals surface area (Å²) in [5, 5.41) is 12.2. The first-order chi connectivity index (χ1) is 30.6. The number of anilines is 1. The van der Waals surface area contributed by atoms with E-state index in [0.717, 1.165) is 16.7 Å². The molecule has 0 spiro atoms. The number of imidazole rings is 1. The van der Waals surface area contributed by atoms with Crippen LogP contribution in [0.1, 0.15) is 67.4 Å². The van der Waals surface area contributed by atoms with E-state index < -0.39 is 38.7 Å². The van der Waals surface area contributed by atoms with E-state index in [4.69, 9.17) is 28.0 Å². The number of benzene rings is 4. The van der Waals surface area contributed by atoms with Crippen molar-refractivity contribution in [3.05, 3.63) is 144 Å². The van der Waals surface area contributed by atoms with Crippen molar-refractivity contribution in [3.8, 4) is 17.6 Å². The van der Waals surface area contributed by atoms with Crippen LogP contribution >= 0.6 is 8.53 Å². The lowest BCUT2D eigenvalue weighted by atomic mass is 9.80. The Morgan fingerprint density at radius 2 is 1.46 bits per heavy atom. The van der Waals surface area contributed by atoms with E-state index in [0.29, 0.717) is 17.1 Å². The van der Waals surface area contributed by atoms with Crippen molar-refractivity contribution in [2.75, 3.05) is 32.8 Å². The van der Waals surface area contributed by atoms with Crippen LogP contribution in [-0.2, 0) is 24.1 Å². The topological polar surface area (TPSA) is 155 Å². The van der Waals surface area contributed by atoms with Crippen LogP contribution in [0.2, 0.25) is 0 Å². The average molecular weight is 876 g/mol. The molecule has 0 radical (unpaired) electrons. The third kappa shape index (κ3) is 9.72. The molecule has 1 fully saturated rings. The van der Waals surface area contributed by atoms with Gasteiger partial charge >= 0.3 is 0 Å². The Balaban J connectivity index is 1.30. The Hall–Kier alpha value is -5.85. The van der Waals surface area contributed by atoms with E-state index >= 15 is 4.39 Å². The number of amides is 1. The fourth-order valence-electron chi connectivity index (χ4n) is 7.74. The molecule has 328 valence electrons. The van der Waals surface area contributed by atoms with Crippen molar-refractivity contribution in [3.63, 3.8) is 0 Å². The number of carbonyl (C=O) groups is 1. The van der Waals surface area contributed by atoms with E-state index in [2.05, 4.69) is 26.3 Å². The number of alkyl halides is 1. The zero-order valence-corrected chi connectivity index (χ0v) is 36.9. The van der Waals surface area contributed by atoms with Crippen LogP contribution in [0.5, 0.6) is 11.5 Å². The van der Waals surface area contributed by atoms with Crippen LogP contribution in [-0.4, -0.2) is 88.0 Å². The molecule has 16 heteroatoms. The summed E-state index contributed by atoms with van der Waals surface area (Å²) < 4.78 is 59.3. The van der Waals surface area contributed by atoms with E-state index in [1.165, 1.54) is 12.7 Å². The van der Waals surface area contributed by atoms with Crippen LogP contribution in [0.15, 0.2) is 122 Å². The van der Waals surface area contributed by atoms with Crippen molar-refractivity contribution >= 4 is 31.4 Å². The van der Waals surface area contributed by atoms with E-state index in [1.54, 1.807) is 43.1 Å². The second kappa shape index (κ2) is 20.6. The Kier molecular flexibility index (Phi) is 14.7. The SMILES string of the molecule is COc1ccc(C(OCC2OC(n3cnc4c(NC(=O)c5ccccc5)ncnc43)C(OP(OCCC#N)N(C(C)C)C(C)C)C2F)(c2ccccc2)c2ccc(OC)cc2)cc1. The molecule has 3 heterocycles. The first kappa shape index (κ1) is 45.2. The molecule has 5 atom stereocenters. The Bertz CT molecular complexity index is 2400. The Labute approximate surface area is 367 Å². The summed E-state index contributed by atoms with van der Waals surface area (Å²) >= 11 is 0. The highest BCUT2D eigenvalue weighted by Gasteiger charge is 2.51. The van der Waals surface area contributed by atoms with Gasteiger partial charge in [-0.3, -0.25) is 9.36 Å². The summed E-state index contributed by atoms with van der Waals surface area (Å²) in [7, 11) is 1.27. The molecule has 0 saturated carbocycles. The molecule has 6 aromatic rings. The molecule has 1 N–H and O–H groups in total. The maximum atomic E-state index is 17.7. The molecule has 63 heavy (non-hydrogen) atoms. The summed E-state index contributed by atoms with van der Waals surface area (Å²) in [5.74, 6) is 1.10. The number of carbonyl (C=O) groups excluding carboxylic acids is 1. The van der Waals surface area contributed by atoms with Crippen LogP contribution in [0.3, 0.4) is 0 Å². The van der Waals surface area contributed by atoms with Crippen LogP contribution in [0.4, 0.5) is 10.2 Å². The largest absolute Gasteiger partial charge is 0.497 e. The van der Waals surface area contributed by atoms with Crippen molar-refractivity contribution in [2.45, 2.75) is 76.4 Å². The second-order valence-electron chi connectivity index (χ2n) is 15.3. The molecule has 2 aromatic heterocycles. The molecular weight excluding hydrogens is 825 g/mol. The fourth-order valence-corrected chi connectivity index (χ4v) is 9.48. The van der Waals surface area contributed by atoms with Gasteiger partial charge in [0.25, 0.3) is 14.4 Å². The van der Waals surface area contributed by atoms with E-state index in [1.807, 2.05) is 117 Å². The smallest absolute Gasteiger partial charge is 0.259 e. The number of hydrogen-bond acceptors (Lipinski definition) is 12. The lowest BCUT2D eigenvalue weighted by molar-refractivity contribution is -0.0887. The third-order valence-corrected chi connectivity index (χ3v) is 12.8. The predicted molar refractivity (Wildman–Crippen MR) is 237 cm³/mol. The molecule has 4 aromatic carbocycles. The van der Waals surface area contributed by atoms with Gasteiger partial charge in [-0.25, -0.2) is 24.0 Å². The predicted octanol–water partition coefficient (Wildman–Crippen LogP) is 9.00. The standard InChI is InChI=1S/C47H51FN7O7P/c1-31(2)55(32(3)4)63(60-27-13-26-49)62-42-40(48)39(61-46(42)54-30-52-41-43(50-29-51-44(41)54)53-45(56)33-14-9-7-10-15-33)28-59-47(34-16-11-8-12-17-34,35-18-22-37(57-5)23-19-35)36-20-24-38(58-6)25-21-36/h7-12,14-25,29-32,39-40,42,46H,13,27-28H2,1-6H3,(H,50,51,53,56). The van der Waals surface area contributed by atoms with Gasteiger partial charge in [0.15, 0.2) is 29.4 Å². The number of aromatic nitrogens is 4. The van der Waals surface area contributed by atoms with Gasteiger partial charge in [0.2, 0.25) is 0 Å². The zero-order valence-electron chi connectivity index (χ0n) is 36.0. The summed E-state index contributed by atoms with van der Waals surface area (Å²) in [4.78, 5) is 26.7. The van der Waals surface area contributed by atoms with E-state index in [-0.39, 0.29) is 54.6 Å². The van der Waals surface area contributed by atoms with Crippen LogP contribution < -0.4 is 14.8 Å². The van der Waals surface area contributed by atoms with Crippen molar-refractivity contribution < 1.29 is 37.2 Å². The zero-order chi connectivity index (χ0) is 44.5. The molecular formula is C47H51FN7O7P. The van der Waals surface area contributed by atoms with Crippen molar-refractivity contribution in [1.29, 1.82) is 5.26 Å². The maximum absolute atomic E-state index is 17.7. The highest BCUT2D eigenvalue weighted by atomic mass is 31.2. The number of fused-ring (bicyclic) bond motifs is 1. The first-order valence-electron chi connectivity index (χ1n) is 20.7. The quantitative estimate of drug-likeness (QED) is 0.0469.